The minimum atomic E-state index is -0.877. The SMILES string of the molecule is CN/N=C/CNC(=O)C1C(C2=CC=CCC2)CCN1C(=O)[C@@H](Cc1ccccc1)NC(=O)OC(C)(C)C. The van der Waals surface area contributed by atoms with E-state index in [9.17, 15) is 14.4 Å². The van der Waals surface area contributed by atoms with Gasteiger partial charge in [-0.2, -0.15) is 5.10 Å². The quantitative estimate of drug-likeness (QED) is 0.350. The minimum absolute atomic E-state index is 0.0889. The Morgan fingerprint density at radius 1 is 1.22 bits per heavy atom. The van der Waals surface area contributed by atoms with Gasteiger partial charge in [0.05, 0.1) is 6.54 Å². The van der Waals surface area contributed by atoms with E-state index in [0.717, 1.165) is 18.4 Å². The van der Waals surface area contributed by atoms with Gasteiger partial charge in [-0.15, -0.1) is 0 Å². The molecular weight excluding hydrogens is 470 g/mol. The number of allylic oxidation sites excluding steroid dienone is 3. The predicted molar refractivity (Wildman–Crippen MR) is 144 cm³/mol. The van der Waals surface area contributed by atoms with Crippen LogP contribution in [0.5, 0.6) is 0 Å². The van der Waals surface area contributed by atoms with Crippen LogP contribution in [0.25, 0.3) is 0 Å². The maximum atomic E-state index is 14.0. The van der Waals surface area contributed by atoms with Gasteiger partial charge >= 0.3 is 6.09 Å². The summed E-state index contributed by atoms with van der Waals surface area (Å²) in [6.45, 7) is 5.99. The molecule has 0 bridgehead atoms. The van der Waals surface area contributed by atoms with Gasteiger partial charge in [-0.05, 0) is 45.6 Å². The first-order valence-electron chi connectivity index (χ1n) is 12.8. The van der Waals surface area contributed by atoms with Gasteiger partial charge in [-0.1, -0.05) is 54.1 Å². The molecule has 2 unspecified atom stereocenters. The second kappa shape index (κ2) is 13.1. The number of nitrogens with zero attached hydrogens (tertiary/aromatic N) is 2. The second-order valence-corrected chi connectivity index (χ2v) is 10.2. The number of carbonyl (C=O) groups excluding carboxylic acids is 3. The van der Waals surface area contributed by atoms with Gasteiger partial charge in [0.2, 0.25) is 11.8 Å². The lowest BCUT2D eigenvalue weighted by atomic mass is 9.86. The molecule has 9 heteroatoms. The summed E-state index contributed by atoms with van der Waals surface area (Å²) >= 11 is 0. The Morgan fingerprint density at radius 3 is 2.62 bits per heavy atom. The predicted octanol–water partition coefficient (Wildman–Crippen LogP) is 2.94. The molecule has 1 aromatic rings. The van der Waals surface area contributed by atoms with Crippen molar-refractivity contribution in [3.8, 4) is 0 Å². The van der Waals surface area contributed by atoms with E-state index in [1.54, 1.807) is 38.9 Å². The molecule has 9 nitrogen and oxygen atoms in total. The Hall–Kier alpha value is -3.62. The minimum Gasteiger partial charge on any atom is -0.444 e. The van der Waals surface area contributed by atoms with Gasteiger partial charge in [0.15, 0.2) is 0 Å². The number of hydrogen-bond acceptors (Lipinski definition) is 6. The van der Waals surface area contributed by atoms with Crippen LogP contribution in [0, 0.1) is 5.92 Å². The number of alkyl carbamates (subject to hydrolysis) is 1. The summed E-state index contributed by atoms with van der Waals surface area (Å²) in [7, 11) is 1.68. The van der Waals surface area contributed by atoms with Crippen LogP contribution in [0.3, 0.4) is 0 Å². The van der Waals surface area contributed by atoms with E-state index in [4.69, 9.17) is 4.74 Å². The first kappa shape index (κ1) is 28.0. The van der Waals surface area contributed by atoms with Gasteiger partial charge < -0.3 is 25.7 Å². The van der Waals surface area contributed by atoms with E-state index < -0.39 is 23.8 Å². The van der Waals surface area contributed by atoms with E-state index in [1.165, 1.54) is 5.57 Å². The van der Waals surface area contributed by atoms with E-state index >= 15 is 0 Å². The highest BCUT2D eigenvalue weighted by Crippen LogP contribution is 2.35. The summed E-state index contributed by atoms with van der Waals surface area (Å²) in [6.07, 6.45) is 9.82. The standard InChI is InChI=1S/C28H39N5O4/c1-28(2,3)37-27(36)32-23(19-20-11-7-5-8-12-20)26(35)33-18-15-22(21-13-9-6-10-14-21)24(33)25(34)30-16-17-31-29-4/h5-9,11-13,17,22-24,29H,10,14-16,18-19H2,1-4H3,(H,30,34)(H,32,36)/b31-17+/t22?,23-,24?/m1/s1. The Balaban J connectivity index is 1.87. The number of hydrogen-bond donors (Lipinski definition) is 3. The lowest BCUT2D eigenvalue weighted by molar-refractivity contribution is -0.140. The molecule has 3 N–H and O–H groups in total. The maximum Gasteiger partial charge on any atom is 0.408 e. The number of likely N-dealkylation sites (tertiary alicyclic amines) is 1. The fraction of sp³-hybridized carbons (Fsp3) is 0.500. The third-order valence-corrected chi connectivity index (χ3v) is 6.33. The van der Waals surface area contributed by atoms with Crippen molar-refractivity contribution in [1.29, 1.82) is 0 Å². The number of amides is 3. The molecular formula is C28H39N5O4. The number of carbonyl (C=O) groups is 3. The number of ether oxygens (including phenoxy) is 1. The first-order valence-corrected chi connectivity index (χ1v) is 12.8. The molecule has 1 fully saturated rings. The van der Waals surface area contributed by atoms with Crippen molar-refractivity contribution in [2.45, 2.75) is 64.1 Å². The Morgan fingerprint density at radius 2 is 1.97 bits per heavy atom. The van der Waals surface area contributed by atoms with Crippen molar-refractivity contribution >= 4 is 24.1 Å². The van der Waals surface area contributed by atoms with E-state index in [-0.39, 0.29) is 30.7 Å². The molecule has 3 atom stereocenters. The maximum absolute atomic E-state index is 14.0. The lowest BCUT2D eigenvalue weighted by Crippen LogP contribution is -2.56. The first-order chi connectivity index (χ1) is 17.7. The molecule has 1 aliphatic heterocycles. The topological polar surface area (TPSA) is 112 Å². The van der Waals surface area contributed by atoms with Crippen molar-refractivity contribution in [3.05, 3.63) is 59.7 Å². The number of benzene rings is 1. The highest BCUT2D eigenvalue weighted by atomic mass is 16.6. The van der Waals surface area contributed by atoms with Gasteiger partial charge in [-0.25, -0.2) is 4.79 Å². The summed E-state index contributed by atoms with van der Waals surface area (Å²) in [4.78, 5) is 41.7. The van der Waals surface area contributed by atoms with Crippen LogP contribution >= 0.6 is 0 Å². The Bertz CT molecular complexity index is 1030. The average Bonchev–Trinajstić information content (AvgIpc) is 3.31. The van der Waals surface area contributed by atoms with Gasteiger partial charge in [0, 0.05) is 32.1 Å². The zero-order valence-electron chi connectivity index (χ0n) is 22.2. The molecule has 200 valence electrons. The molecule has 2 aliphatic rings. The Labute approximate surface area is 219 Å². The highest BCUT2D eigenvalue weighted by Gasteiger charge is 2.45. The highest BCUT2D eigenvalue weighted by molar-refractivity contribution is 5.93. The van der Waals surface area contributed by atoms with Crippen LogP contribution in [-0.4, -0.2) is 66.8 Å². The zero-order valence-corrected chi connectivity index (χ0v) is 22.2. The van der Waals surface area contributed by atoms with E-state index in [1.807, 2.05) is 36.4 Å². The molecule has 3 rings (SSSR count). The molecule has 1 aromatic carbocycles. The largest absolute Gasteiger partial charge is 0.444 e. The monoisotopic (exact) mass is 509 g/mol. The molecule has 1 heterocycles. The van der Waals surface area contributed by atoms with E-state index in [2.05, 4.69) is 33.3 Å². The van der Waals surface area contributed by atoms with Crippen LogP contribution < -0.4 is 16.1 Å². The van der Waals surface area contributed by atoms with Crippen molar-refractivity contribution < 1.29 is 19.1 Å². The fourth-order valence-electron chi connectivity index (χ4n) is 4.77. The third-order valence-electron chi connectivity index (χ3n) is 6.33. The summed E-state index contributed by atoms with van der Waals surface area (Å²) in [6, 6.07) is 7.95. The zero-order chi connectivity index (χ0) is 26.8. The number of nitrogens with one attached hydrogen (secondary N) is 3. The third kappa shape index (κ3) is 8.20. The van der Waals surface area contributed by atoms with Crippen LogP contribution in [0.4, 0.5) is 4.79 Å². The van der Waals surface area contributed by atoms with Gasteiger partial charge in [0.25, 0.3) is 0 Å². The van der Waals surface area contributed by atoms with Gasteiger partial charge in [-0.3, -0.25) is 9.59 Å². The van der Waals surface area contributed by atoms with Crippen molar-refractivity contribution in [2.24, 2.45) is 11.0 Å². The van der Waals surface area contributed by atoms with E-state index in [0.29, 0.717) is 13.0 Å². The van der Waals surface area contributed by atoms with Crippen LogP contribution in [0.15, 0.2) is 59.2 Å². The number of rotatable bonds is 9. The summed E-state index contributed by atoms with van der Waals surface area (Å²) in [5, 5.41) is 9.59. The molecule has 0 aromatic heterocycles. The fourth-order valence-corrected chi connectivity index (χ4v) is 4.77. The summed E-state index contributed by atoms with van der Waals surface area (Å²) in [5.74, 6) is -0.619. The molecule has 3 amide bonds. The molecule has 0 spiro atoms. The lowest BCUT2D eigenvalue weighted by Gasteiger charge is -2.32. The summed E-state index contributed by atoms with van der Waals surface area (Å²) < 4.78 is 5.45. The second-order valence-electron chi connectivity index (χ2n) is 10.2. The van der Waals surface area contributed by atoms with Crippen molar-refractivity contribution in [3.63, 3.8) is 0 Å². The molecule has 0 saturated carbocycles. The normalized spacial score (nSPS) is 20.3. The molecule has 37 heavy (non-hydrogen) atoms. The molecule has 1 saturated heterocycles. The Kier molecular flexibility index (Phi) is 9.88. The number of hydrazone groups is 1. The van der Waals surface area contributed by atoms with Crippen molar-refractivity contribution in [1.82, 2.24) is 21.0 Å². The molecule has 1 aliphatic carbocycles. The van der Waals surface area contributed by atoms with Gasteiger partial charge in [0.1, 0.15) is 17.7 Å². The average molecular weight is 510 g/mol. The van der Waals surface area contributed by atoms with Crippen molar-refractivity contribution in [2.75, 3.05) is 20.1 Å². The van der Waals surface area contributed by atoms with Crippen LogP contribution in [0.2, 0.25) is 0 Å². The summed E-state index contributed by atoms with van der Waals surface area (Å²) in [5.41, 5.74) is 4.02. The molecule has 0 radical (unpaired) electrons. The van der Waals surface area contributed by atoms with Crippen LogP contribution in [-0.2, 0) is 20.7 Å². The van der Waals surface area contributed by atoms with Crippen LogP contribution in [0.1, 0.15) is 45.6 Å². The smallest absolute Gasteiger partial charge is 0.408 e.